The van der Waals surface area contributed by atoms with Gasteiger partial charge in [-0.3, -0.25) is 9.59 Å². The molecular formula is C21H24N2O2. The number of nitrogens with one attached hydrogen (secondary N) is 1. The topological polar surface area (TPSA) is 49.4 Å². The first kappa shape index (κ1) is 18.5. The summed E-state index contributed by atoms with van der Waals surface area (Å²) in [5, 5.41) is 2.82. The second-order valence-corrected chi connectivity index (χ2v) is 5.87. The van der Waals surface area contributed by atoms with Crippen LogP contribution in [0.5, 0.6) is 0 Å². The predicted octanol–water partition coefficient (Wildman–Crippen LogP) is 2.95. The van der Waals surface area contributed by atoms with Crippen molar-refractivity contribution < 1.29 is 9.59 Å². The van der Waals surface area contributed by atoms with Crippen molar-refractivity contribution in [2.24, 2.45) is 0 Å². The van der Waals surface area contributed by atoms with Crippen LogP contribution in [-0.4, -0.2) is 29.3 Å². The monoisotopic (exact) mass is 336 g/mol. The molecular weight excluding hydrogens is 312 g/mol. The van der Waals surface area contributed by atoms with Crippen LogP contribution >= 0.6 is 0 Å². The SMILES string of the molecule is C=CCNC(=O)[C@@H](Cc1ccccc1)N(Cc1ccccc1)C(C)=O. The fourth-order valence-corrected chi connectivity index (χ4v) is 2.69. The van der Waals surface area contributed by atoms with Crippen molar-refractivity contribution in [1.82, 2.24) is 10.2 Å². The van der Waals surface area contributed by atoms with Crippen LogP contribution in [0.2, 0.25) is 0 Å². The molecule has 1 N–H and O–H groups in total. The summed E-state index contributed by atoms with van der Waals surface area (Å²) in [6.07, 6.45) is 2.10. The van der Waals surface area contributed by atoms with E-state index in [0.717, 1.165) is 11.1 Å². The van der Waals surface area contributed by atoms with E-state index in [9.17, 15) is 9.59 Å². The summed E-state index contributed by atoms with van der Waals surface area (Å²) in [4.78, 5) is 26.6. The number of rotatable bonds is 8. The van der Waals surface area contributed by atoms with E-state index in [1.54, 1.807) is 11.0 Å². The average molecular weight is 336 g/mol. The molecule has 0 saturated carbocycles. The van der Waals surface area contributed by atoms with Gasteiger partial charge in [-0.1, -0.05) is 66.7 Å². The highest BCUT2D eigenvalue weighted by Crippen LogP contribution is 2.14. The summed E-state index contributed by atoms with van der Waals surface area (Å²) >= 11 is 0. The van der Waals surface area contributed by atoms with Crippen molar-refractivity contribution in [2.45, 2.75) is 25.9 Å². The van der Waals surface area contributed by atoms with Gasteiger partial charge in [0.05, 0.1) is 0 Å². The van der Waals surface area contributed by atoms with Gasteiger partial charge in [-0.25, -0.2) is 0 Å². The molecule has 0 aliphatic heterocycles. The lowest BCUT2D eigenvalue weighted by Gasteiger charge is -2.30. The molecule has 0 fully saturated rings. The maximum absolute atomic E-state index is 12.7. The molecule has 0 radical (unpaired) electrons. The van der Waals surface area contributed by atoms with Crippen LogP contribution in [0.25, 0.3) is 0 Å². The van der Waals surface area contributed by atoms with Crippen molar-refractivity contribution in [2.75, 3.05) is 6.54 Å². The van der Waals surface area contributed by atoms with Crippen LogP contribution in [0.3, 0.4) is 0 Å². The van der Waals surface area contributed by atoms with Crippen LogP contribution in [0.4, 0.5) is 0 Å². The Kier molecular flexibility index (Phi) is 6.96. The smallest absolute Gasteiger partial charge is 0.243 e. The minimum atomic E-state index is -0.569. The molecule has 2 rings (SSSR count). The van der Waals surface area contributed by atoms with E-state index in [0.29, 0.717) is 19.5 Å². The Hall–Kier alpha value is -2.88. The third-order valence-corrected chi connectivity index (χ3v) is 3.97. The second-order valence-electron chi connectivity index (χ2n) is 5.87. The van der Waals surface area contributed by atoms with Crippen LogP contribution in [0.15, 0.2) is 73.3 Å². The summed E-state index contributed by atoms with van der Waals surface area (Å²) in [5.41, 5.74) is 2.01. The molecule has 0 bridgehead atoms. The Morgan fingerprint density at radius 1 is 1.04 bits per heavy atom. The summed E-state index contributed by atoms with van der Waals surface area (Å²) in [5.74, 6) is -0.298. The number of carbonyl (C=O) groups excluding carboxylic acids is 2. The third kappa shape index (κ3) is 5.60. The number of hydrogen-bond donors (Lipinski definition) is 1. The average Bonchev–Trinajstić information content (AvgIpc) is 2.64. The van der Waals surface area contributed by atoms with Gasteiger partial charge >= 0.3 is 0 Å². The lowest BCUT2D eigenvalue weighted by Crippen LogP contribution is -2.49. The van der Waals surface area contributed by atoms with Gasteiger partial charge in [0, 0.05) is 26.4 Å². The lowest BCUT2D eigenvalue weighted by atomic mass is 10.0. The minimum absolute atomic E-state index is 0.126. The normalized spacial score (nSPS) is 11.4. The zero-order chi connectivity index (χ0) is 18.1. The van der Waals surface area contributed by atoms with E-state index in [1.807, 2.05) is 60.7 Å². The van der Waals surface area contributed by atoms with Gasteiger partial charge in [-0.15, -0.1) is 6.58 Å². The number of nitrogens with zero attached hydrogens (tertiary/aromatic N) is 1. The first-order valence-corrected chi connectivity index (χ1v) is 8.35. The van der Waals surface area contributed by atoms with Gasteiger partial charge in [0.25, 0.3) is 0 Å². The summed E-state index contributed by atoms with van der Waals surface area (Å²) in [6, 6.07) is 18.9. The van der Waals surface area contributed by atoms with Crippen LogP contribution < -0.4 is 5.32 Å². The standard InChI is InChI=1S/C21H24N2O2/c1-3-14-22-21(25)20(15-18-10-6-4-7-11-18)23(17(2)24)16-19-12-8-5-9-13-19/h3-13,20H,1,14-16H2,2H3,(H,22,25)/t20-/m1/s1. The van der Waals surface area contributed by atoms with Gasteiger partial charge < -0.3 is 10.2 Å². The summed E-state index contributed by atoms with van der Waals surface area (Å²) in [6.45, 7) is 5.90. The van der Waals surface area contributed by atoms with Crippen molar-refractivity contribution in [3.8, 4) is 0 Å². The summed E-state index contributed by atoms with van der Waals surface area (Å²) in [7, 11) is 0. The van der Waals surface area contributed by atoms with Gasteiger partial charge in [-0.2, -0.15) is 0 Å². The highest BCUT2D eigenvalue weighted by molar-refractivity contribution is 5.87. The molecule has 2 amide bonds. The van der Waals surface area contributed by atoms with Crippen LogP contribution in [0, 0.1) is 0 Å². The zero-order valence-corrected chi connectivity index (χ0v) is 14.5. The van der Waals surface area contributed by atoms with Crippen molar-refractivity contribution >= 4 is 11.8 Å². The van der Waals surface area contributed by atoms with Crippen LogP contribution in [-0.2, 0) is 22.6 Å². The highest BCUT2D eigenvalue weighted by atomic mass is 16.2. The Morgan fingerprint density at radius 3 is 2.12 bits per heavy atom. The molecule has 0 aliphatic carbocycles. The first-order valence-electron chi connectivity index (χ1n) is 8.35. The van der Waals surface area contributed by atoms with Crippen molar-refractivity contribution in [3.63, 3.8) is 0 Å². The first-order chi connectivity index (χ1) is 12.1. The fraction of sp³-hybridized carbons (Fsp3) is 0.238. The molecule has 4 nitrogen and oxygen atoms in total. The van der Waals surface area contributed by atoms with E-state index in [1.165, 1.54) is 6.92 Å². The molecule has 0 spiro atoms. The van der Waals surface area contributed by atoms with Gasteiger partial charge in [0.1, 0.15) is 6.04 Å². The van der Waals surface area contributed by atoms with E-state index in [2.05, 4.69) is 11.9 Å². The Labute approximate surface area is 149 Å². The Balaban J connectivity index is 2.26. The zero-order valence-electron chi connectivity index (χ0n) is 14.5. The lowest BCUT2D eigenvalue weighted by molar-refractivity contribution is -0.139. The molecule has 0 aromatic heterocycles. The maximum atomic E-state index is 12.7. The fourth-order valence-electron chi connectivity index (χ4n) is 2.69. The number of carbonyl (C=O) groups is 2. The van der Waals surface area contributed by atoms with Gasteiger partial charge in [-0.05, 0) is 11.1 Å². The van der Waals surface area contributed by atoms with Crippen LogP contribution in [0.1, 0.15) is 18.1 Å². The highest BCUT2D eigenvalue weighted by Gasteiger charge is 2.28. The molecule has 0 aliphatic rings. The Bertz CT molecular complexity index is 698. The molecule has 2 aromatic carbocycles. The van der Waals surface area contributed by atoms with Gasteiger partial charge in [0.2, 0.25) is 11.8 Å². The molecule has 130 valence electrons. The third-order valence-electron chi connectivity index (χ3n) is 3.97. The van der Waals surface area contributed by atoms with Crippen molar-refractivity contribution in [3.05, 3.63) is 84.4 Å². The molecule has 0 unspecified atom stereocenters. The molecule has 4 heteroatoms. The second kappa shape index (κ2) is 9.42. The molecule has 0 saturated heterocycles. The van der Waals surface area contributed by atoms with E-state index < -0.39 is 6.04 Å². The number of amides is 2. The molecule has 25 heavy (non-hydrogen) atoms. The minimum Gasteiger partial charge on any atom is -0.351 e. The summed E-state index contributed by atoms with van der Waals surface area (Å²) < 4.78 is 0. The predicted molar refractivity (Wildman–Crippen MR) is 99.8 cm³/mol. The van der Waals surface area contributed by atoms with E-state index in [4.69, 9.17) is 0 Å². The molecule has 0 heterocycles. The largest absolute Gasteiger partial charge is 0.351 e. The number of benzene rings is 2. The van der Waals surface area contributed by atoms with Crippen molar-refractivity contribution in [1.29, 1.82) is 0 Å². The van der Waals surface area contributed by atoms with Gasteiger partial charge in [0.15, 0.2) is 0 Å². The molecule has 1 atom stereocenters. The molecule has 2 aromatic rings. The maximum Gasteiger partial charge on any atom is 0.243 e. The Morgan fingerprint density at radius 2 is 1.60 bits per heavy atom. The number of hydrogen-bond acceptors (Lipinski definition) is 2. The quantitative estimate of drug-likeness (QED) is 0.754. The van der Waals surface area contributed by atoms with E-state index in [-0.39, 0.29) is 11.8 Å². The van der Waals surface area contributed by atoms with E-state index >= 15 is 0 Å².